The van der Waals surface area contributed by atoms with Gasteiger partial charge in [0, 0.05) is 18.7 Å². The zero-order valence-electron chi connectivity index (χ0n) is 7.00. The van der Waals surface area contributed by atoms with E-state index in [1.165, 1.54) is 11.3 Å². The van der Waals surface area contributed by atoms with E-state index in [9.17, 15) is 4.79 Å². The van der Waals surface area contributed by atoms with E-state index in [1.807, 2.05) is 0 Å². The molecule has 0 atom stereocenters. The molecule has 2 aromatic rings. The number of hydrogen-bond acceptors (Lipinski definition) is 3. The van der Waals surface area contributed by atoms with E-state index in [0.717, 1.165) is 10.2 Å². The summed E-state index contributed by atoms with van der Waals surface area (Å²) in [4.78, 5) is 15.3. The first kappa shape index (κ1) is 8.19. The molecule has 0 bridgehead atoms. The molecule has 3 nitrogen and oxygen atoms in total. The minimum atomic E-state index is -0.105. The molecule has 0 unspecified atom stereocenters. The van der Waals surface area contributed by atoms with Crippen LogP contribution < -0.4 is 5.32 Å². The molecule has 0 aliphatic carbocycles. The highest BCUT2D eigenvalue weighted by Crippen LogP contribution is 2.17. The van der Waals surface area contributed by atoms with Crippen molar-refractivity contribution in [3.8, 4) is 0 Å². The number of thiazole rings is 1. The number of aromatic nitrogens is 1. The fourth-order valence-electron chi connectivity index (χ4n) is 1.07. The molecule has 13 heavy (non-hydrogen) atoms. The lowest BCUT2D eigenvalue weighted by Crippen LogP contribution is -2.17. The van der Waals surface area contributed by atoms with Gasteiger partial charge in [-0.1, -0.05) is 0 Å². The number of fused-ring (bicyclic) bond motifs is 1. The number of benzene rings is 1. The second kappa shape index (κ2) is 3.14. The zero-order chi connectivity index (χ0) is 9.26. The van der Waals surface area contributed by atoms with Crippen molar-refractivity contribution in [1.29, 1.82) is 0 Å². The summed E-state index contributed by atoms with van der Waals surface area (Å²) >= 11 is 1.52. The van der Waals surface area contributed by atoms with Crippen LogP contribution in [-0.4, -0.2) is 17.9 Å². The van der Waals surface area contributed by atoms with E-state index >= 15 is 0 Å². The Labute approximate surface area is 79.4 Å². The predicted octanol–water partition coefficient (Wildman–Crippen LogP) is 1.46. The number of rotatable bonds is 1. The van der Waals surface area contributed by atoms with Crippen molar-refractivity contribution >= 4 is 27.5 Å². The van der Waals surface area contributed by atoms with Crippen molar-refractivity contribution in [3.63, 3.8) is 0 Å². The summed E-state index contributed by atoms with van der Waals surface area (Å²) in [5.41, 5.74) is 3.17. The minimum Gasteiger partial charge on any atom is -0.355 e. The third-order valence-corrected chi connectivity index (χ3v) is 2.51. The maximum absolute atomic E-state index is 11.2. The second-order valence-corrected chi connectivity index (χ2v) is 3.39. The summed E-state index contributed by atoms with van der Waals surface area (Å²) in [6.07, 6.45) is 0. The fourth-order valence-corrected chi connectivity index (χ4v) is 1.70. The molecule has 1 amide bonds. The lowest BCUT2D eigenvalue weighted by atomic mass is 10.2. The highest BCUT2D eigenvalue weighted by atomic mass is 32.1. The lowest BCUT2D eigenvalue weighted by molar-refractivity contribution is 0.0963. The molecule has 4 heteroatoms. The monoisotopic (exact) mass is 191 g/mol. The van der Waals surface area contributed by atoms with E-state index in [-0.39, 0.29) is 5.91 Å². The van der Waals surface area contributed by atoms with Crippen molar-refractivity contribution < 1.29 is 4.79 Å². The minimum absolute atomic E-state index is 0.105. The quantitative estimate of drug-likeness (QED) is 0.741. The first-order valence-corrected chi connectivity index (χ1v) is 4.66. The average Bonchev–Trinajstić information content (AvgIpc) is 2.63. The fraction of sp³-hybridized carbons (Fsp3) is 0.111. The third kappa shape index (κ3) is 1.40. The molecule has 0 spiro atoms. The molecule has 1 radical (unpaired) electrons. The molecule has 1 aromatic carbocycles. The van der Waals surface area contributed by atoms with Crippen LogP contribution in [0, 0.1) is 6.07 Å². The van der Waals surface area contributed by atoms with E-state index in [0.29, 0.717) is 5.56 Å². The Morgan fingerprint density at radius 1 is 1.69 bits per heavy atom. The van der Waals surface area contributed by atoms with E-state index < -0.39 is 0 Å². The predicted molar refractivity (Wildman–Crippen MR) is 51.8 cm³/mol. The van der Waals surface area contributed by atoms with Crippen molar-refractivity contribution in [2.24, 2.45) is 0 Å². The van der Waals surface area contributed by atoms with Gasteiger partial charge in [-0.2, -0.15) is 0 Å². The summed E-state index contributed by atoms with van der Waals surface area (Å²) in [5, 5.41) is 2.55. The lowest BCUT2D eigenvalue weighted by Gasteiger charge is -1.97. The van der Waals surface area contributed by atoms with E-state index in [2.05, 4.69) is 16.4 Å². The van der Waals surface area contributed by atoms with Gasteiger partial charge in [0.05, 0.1) is 15.7 Å². The molecule has 0 aliphatic rings. The number of hydrogen-bond donors (Lipinski definition) is 1. The Balaban J connectivity index is 2.54. The zero-order valence-corrected chi connectivity index (χ0v) is 7.81. The molecule has 0 saturated heterocycles. The number of carbonyl (C=O) groups excluding carboxylic acids is 1. The highest BCUT2D eigenvalue weighted by molar-refractivity contribution is 7.16. The largest absolute Gasteiger partial charge is 0.355 e. The average molecular weight is 191 g/mol. The Morgan fingerprint density at radius 2 is 2.54 bits per heavy atom. The topological polar surface area (TPSA) is 42.0 Å². The van der Waals surface area contributed by atoms with Gasteiger partial charge < -0.3 is 5.32 Å². The molecule has 1 N–H and O–H groups in total. The van der Waals surface area contributed by atoms with Crippen LogP contribution in [0.2, 0.25) is 0 Å². The van der Waals surface area contributed by atoms with Crippen molar-refractivity contribution in [1.82, 2.24) is 10.3 Å². The summed E-state index contributed by atoms with van der Waals surface area (Å²) in [6, 6.07) is 6.45. The molecular formula is C9H7N2OS. The summed E-state index contributed by atoms with van der Waals surface area (Å²) in [7, 11) is 1.60. The molecule has 1 aromatic heterocycles. The molecular weight excluding hydrogens is 184 g/mol. The number of carbonyl (C=O) groups is 1. The third-order valence-electron chi connectivity index (χ3n) is 1.74. The van der Waals surface area contributed by atoms with Gasteiger partial charge in [-0.15, -0.1) is 11.3 Å². The summed E-state index contributed by atoms with van der Waals surface area (Å²) in [6.45, 7) is 0. The molecule has 0 aliphatic heterocycles. The number of amides is 1. The highest BCUT2D eigenvalue weighted by Gasteiger charge is 2.04. The molecule has 65 valence electrons. The van der Waals surface area contributed by atoms with E-state index in [4.69, 9.17) is 0 Å². The first-order chi connectivity index (χ1) is 6.31. The second-order valence-electron chi connectivity index (χ2n) is 2.53. The summed E-state index contributed by atoms with van der Waals surface area (Å²) < 4.78 is 0.979. The SMILES string of the molecule is CNC(=O)c1c[c]c2scnc2c1. The van der Waals surface area contributed by atoms with Crippen LogP contribution in [0.4, 0.5) is 0 Å². The van der Waals surface area contributed by atoms with Crippen molar-refractivity contribution in [2.75, 3.05) is 7.05 Å². The van der Waals surface area contributed by atoms with Crippen LogP contribution in [0.15, 0.2) is 17.6 Å². The van der Waals surface area contributed by atoms with Gasteiger partial charge in [0.25, 0.3) is 5.91 Å². The van der Waals surface area contributed by atoms with Gasteiger partial charge in [-0.3, -0.25) is 4.79 Å². The Morgan fingerprint density at radius 3 is 3.31 bits per heavy atom. The van der Waals surface area contributed by atoms with Crippen LogP contribution in [-0.2, 0) is 0 Å². The first-order valence-electron chi connectivity index (χ1n) is 3.78. The molecule has 0 saturated carbocycles. The van der Waals surface area contributed by atoms with Crippen LogP contribution in [0.3, 0.4) is 0 Å². The van der Waals surface area contributed by atoms with Crippen LogP contribution in [0.25, 0.3) is 10.2 Å². The Hall–Kier alpha value is -1.42. The van der Waals surface area contributed by atoms with Crippen LogP contribution >= 0.6 is 11.3 Å². The van der Waals surface area contributed by atoms with Crippen LogP contribution in [0.5, 0.6) is 0 Å². The van der Waals surface area contributed by atoms with E-state index in [1.54, 1.807) is 24.7 Å². The molecule has 1 heterocycles. The Bertz CT molecular complexity index is 450. The number of nitrogens with one attached hydrogen (secondary N) is 1. The molecule has 0 fully saturated rings. The van der Waals surface area contributed by atoms with Gasteiger partial charge in [-0.25, -0.2) is 4.98 Å². The number of nitrogens with zero attached hydrogens (tertiary/aromatic N) is 1. The Kier molecular flexibility index (Phi) is 1.98. The maximum atomic E-state index is 11.2. The smallest absolute Gasteiger partial charge is 0.251 e. The van der Waals surface area contributed by atoms with Gasteiger partial charge in [0.1, 0.15) is 0 Å². The van der Waals surface area contributed by atoms with Gasteiger partial charge in [0.2, 0.25) is 0 Å². The van der Waals surface area contributed by atoms with Crippen molar-refractivity contribution in [2.45, 2.75) is 0 Å². The van der Waals surface area contributed by atoms with Gasteiger partial charge >= 0.3 is 0 Å². The molecule has 2 rings (SSSR count). The van der Waals surface area contributed by atoms with Crippen LogP contribution in [0.1, 0.15) is 10.4 Å². The van der Waals surface area contributed by atoms with Crippen molar-refractivity contribution in [3.05, 3.63) is 29.3 Å². The normalized spacial score (nSPS) is 10.2. The maximum Gasteiger partial charge on any atom is 0.251 e. The van der Waals surface area contributed by atoms with Gasteiger partial charge in [-0.05, 0) is 12.1 Å². The van der Waals surface area contributed by atoms with Gasteiger partial charge in [0.15, 0.2) is 0 Å². The standard InChI is InChI=1S/C9H7N2OS/c1-10-9(12)6-2-3-8-7(4-6)11-5-13-8/h2,4-5H,1H3,(H,10,12). The summed E-state index contributed by atoms with van der Waals surface area (Å²) in [5.74, 6) is -0.105.